The molecule has 3 heterocycles. The molecular weight excluding hydrogens is 276 g/mol. The second-order valence-corrected chi connectivity index (χ2v) is 7.02. The van der Waals surface area contributed by atoms with E-state index in [1.165, 1.54) is 12.8 Å². The molecule has 0 spiro atoms. The Bertz CT molecular complexity index is 525. The fraction of sp³-hybridized carbons (Fsp3) is 0.765. The molecule has 0 radical (unpaired) electrons. The lowest BCUT2D eigenvalue weighted by molar-refractivity contribution is -0.0183. The molecule has 2 atom stereocenters. The van der Waals surface area contributed by atoms with Gasteiger partial charge in [-0.1, -0.05) is 6.92 Å². The van der Waals surface area contributed by atoms with Crippen molar-refractivity contribution in [3.8, 4) is 0 Å². The minimum Gasteiger partial charge on any atom is -0.390 e. The van der Waals surface area contributed by atoms with Crippen molar-refractivity contribution in [2.75, 3.05) is 36.0 Å². The molecule has 22 heavy (non-hydrogen) atoms. The lowest BCUT2D eigenvalue weighted by Gasteiger charge is -2.43. The van der Waals surface area contributed by atoms with Crippen molar-refractivity contribution in [2.24, 2.45) is 5.92 Å². The number of anilines is 2. The first-order chi connectivity index (χ1) is 10.5. The summed E-state index contributed by atoms with van der Waals surface area (Å²) in [5.41, 5.74) is 0.475. The van der Waals surface area contributed by atoms with Crippen LogP contribution in [-0.2, 0) is 0 Å². The Morgan fingerprint density at radius 2 is 1.95 bits per heavy atom. The van der Waals surface area contributed by atoms with Crippen molar-refractivity contribution in [1.82, 2.24) is 9.97 Å². The summed E-state index contributed by atoms with van der Waals surface area (Å²) in [6, 6.07) is 2.08. The third-order valence-electron chi connectivity index (χ3n) is 5.24. The number of aliphatic hydroxyl groups is 1. The van der Waals surface area contributed by atoms with Crippen LogP contribution in [0.4, 0.5) is 11.8 Å². The van der Waals surface area contributed by atoms with E-state index in [1.54, 1.807) is 0 Å². The Labute approximate surface area is 133 Å². The van der Waals surface area contributed by atoms with Gasteiger partial charge in [-0.2, -0.15) is 4.98 Å². The predicted octanol–water partition coefficient (Wildman–Crippen LogP) is 2.37. The third kappa shape index (κ3) is 3.05. The average Bonchev–Trinajstić information content (AvgIpc) is 3.00. The topological polar surface area (TPSA) is 52.5 Å². The average molecular weight is 304 g/mol. The van der Waals surface area contributed by atoms with Gasteiger partial charge in [0.25, 0.3) is 0 Å². The van der Waals surface area contributed by atoms with Gasteiger partial charge in [0.15, 0.2) is 0 Å². The molecule has 3 rings (SSSR count). The van der Waals surface area contributed by atoms with Gasteiger partial charge in [0.2, 0.25) is 5.95 Å². The van der Waals surface area contributed by atoms with Crippen LogP contribution < -0.4 is 9.80 Å². The first-order valence-electron chi connectivity index (χ1n) is 8.57. The summed E-state index contributed by atoms with van der Waals surface area (Å²) in [5.74, 6) is 2.19. The highest BCUT2D eigenvalue weighted by atomic mass is 16.3. The number of piperidine rings is 1. The van der Waals surface area contributed by atoms with Crippen molar-refractivity contribution >= 4 is 11.8 Å². The predicted molar refractivity (Wildman–Crippen MR) is 89.5 cm³/mol. The SMILES string of the molecule is CC[C@@H]1CN(c2cc(C)nc(N3CCCC3)n2)CC[C@]1(C)O. The Kier molecular flexibility index (Phi) is 4.26. The number of nitrogens with zero attached hydrogens (tertiary/aromatic N) is 4. The molecule has 0 aliphatic carbocycles. The Balaban J connectivity index is 1.82. The molecule has 2 saturated heterocycles. The van der Waals surface area contributed by atoms with Crippen LogP contribution in [0, 0.1) is 12.8 Å². The Hall–Kier alpha value is -1.36. The van der Waals surface area contributed by atoms with E-state index >= 15 is 0 Å². The van der Waals surface area contributed by atoms with Gasteiger partial charge in [0.1, 0.15) is 5.82 Å². The van der Waals surface area contributed by atoms with Gasteiger partial charge in [-0.3, -0.25) is 0 Å². The molecule has 5 heteroatoms. The summed E-state index contributed by atoms with van der Waals surface area (Å²) >= 11 is 0. The Morgan fingerprint density at radius 3 is 2.64 bits per heavy atom. The number of hydrogen-bond acceptors (Lipinski definition) is 5. The largest absolute Gasteiger partial charge is 0.390 e. The molecule has 0 bridgehead atoms. The molecular formula is C17H28N4O. The first-order valence-corrected chi connectivity index (χ1v) is 8.57. The summed E-state index contributed by atoms with van der Waals surface area (Å²) in [7, 11) is 0. The summed E-state index contributed by atoms with van der Waals surface area (Å²) in [6.07, 6.45) is 4.26. The summed E-state index contributed by atoms with van der Waals surface area (Å²) in [5, 5.41) is 10.5. The molecule has 0 aromatic carbocycles. The molecule has 0 amide bonds. The van der Waals surface area contributed by atoms with Gasteiger partial charge in [-0.05, 0) is 39.5 Å². The zero-order valence-electron chi connectivity index (χ0n) is 14.0. The smallest absolute Gasteiger partial charge is 0.227 e. The highest BCUT2D eigenvalue weighted by Gasteiger charge is 2.37. The van der Waals surface area contributed by atoms with E-state index in [4.69, 9.17) is 4.98 Å². The molecule has 2 aliphatic heterocycles. The second kappa shape index (κ2) is 6.03. The van der Waals surface area contributed by atoms with Crippen LogP contribution in [0.25, 0.3) is 0 Å². The van der Waals surface area contributed by atoms with Crippen molar-refractivity contribution < 1.29 is 5.11 Å². The van der Waals surface area contributed by atoms with E-state index in [2.05, 4.69) is 27.8 Å². The number of aryl methyl sites for hydroxylation is 1. The van der Waals surface area contributed by atoms with Crippen LogP contribution in [0.2, 0.25) is 0 Å². The molecule has 5 nitrogen and oxygen atoms in total. The molecule has 1 aromatic heterocycles. The van der Waals surface area contributed by atoms with Crippen molar-refractivity contribution in [3.05, 3.63) is 11.8 Å². The van der Waals surface area contributed by atoms with E-state index in [1.807, 2.05) is 13.8 Å². The second-order valence-electron chi connectivity index (χ2n) is 7.02. The van der Waals surface area contributed by atoms with Gasteiger partial charge >= 0.3 is 0 Å². The maximum atomic E-state index is 10.5. The van der Waals surface area contributed by atoms with Crippen LogP contribution in [0.3, 0.4) is 0 Å². The molecule has 2 aliphatic rings. The lowest BCUT2D eigenvalue weighted by Crippen LogP contribution is -2.50. The van der Waals surface area contributed by atoms with Gasteiger partial charge in [0.05, 0.1) is 5.60 Å². The van der Waals surface area contributed by atoms with E-state index in [-0.39, 0.29) is 0 Å². The molecule has 1 N–H and O–H groups in total. The lowest BCUT2D eigenvalue weighted by atomic mass is 9.81. The normalized spacial score (nSPS) is 29.2. The fourth-order valence-electron chi connectivity index (χ4n) is 3.65. The van der Waals surface area contributed by atoms with Gasteiger partial charge in [0, 0.05) is 43.9 Å². The number of rotatable bonds is 3. The van der Waals surface area contributed by atoms with Crippen molar-refractivity contribution in [2.45, 2.75) is 52.1 Å². The standard InChI is InChI=1S/C17H28N4O/c1-4-14-12-21(10-7-17(14,3)22)15-11-13(2)18-16(19-15)20-8-5-6-9-20/h11,14,22H,4-10,12H2,1-3H3/t14-,17+/m1/s1. The quantitative estimate of drug-likeness (QED) is 0.929. The summed E-state index contributed by atoms with van der Waals surface area (Å²) in [4.78, 5) is 14.0. The molecule has 0 saturated carbocycles. The van der Waals surface area contributed by atoms with Crippen LogP contribution in [0.5, 0.6) is 0 Å². The van der Waals surface area contributed by atoms with E-state index in [9.17, 15) is 5.11 Å². The maximum absolute atomic E-state index is 10.5. The Morgan fingerprint density at radius 1 is 1.23 bits per heavy atom. The molecule has 1 aromatic rings. The van der Waals surface area contributed by atoms with Crippen molar-refractivity contribution in [1.29, 1.82) is 0 Å². The van der Waals surface area contributed by atoms with E-state index < -0.39 is 5.60 Å². The highest BCUT2D eigenvalue weighted by molar-refractivity contribution is 5.47. The van der Waals surface area contributed by atoms with Crippen molar-refractivity contribution in [3.63, 3.8) is 0 Å². The number of hydrogen-bond donors (Lipinski definition) is 1. The minimum absolute atomic E-state index is 0.298. The zero-order chi connectivity index (χ0) is 15.7. The van der Waals surface area contributed by atoms with Crippen LogP contribution >= 0.6 is 0 Å². The maximum Gasteiger partial charge on any atom is 0.227 e. The van der Waals surface area contributed by atoms with Gasteiger partial charge in [-0.25, -0.2) is 4.98 Å². The highest BCUT2D eigenvalue weighted by Crippen LogP contribution is 2.32. The third-order valence-corrected chi connectivity index (χ3v) is 5.24. The zero-order valence-corrected chi connectivity index (χ0v) is 14.0. The fourth-order valence-corrected chi connectivity index (χ4v) is 3.65. The van der Waals surface area contributed by atoms with Crippen LogP contribution in [-0.4, -0.2) is 46.9 Å². The summed E-state index contributed by atoms with van der Waals surface area (Å²) < 4.78 is 0. The molecule has 0 unspecified atom stereocenters. The van der Waals surface area contributed by atoms with Gasteiger partial charge < -0.3 is 14.9 Å². The number of aromatic nitrogens is 2. The van der Waals surface area contributed by atoms with E-state index in [0.29, 0.717) is 5.92 Å². The molecule has 2 fully saturated rings. The van der Waals surface area contributed by atoms with E-state index in [0.717, 1.165) is 56.5 Å². The van der Waals surface area contributed by atoms with Crippen LogP contribution in [0.1, 0.15) is 45.2 Å². The molecule has 122 valence electrons. The summed E-state index contributed by atoms with van der Waals surface area (Å²) in [6.45, 7) is 10.0. The first kappa shape index (κ1) is 15.5. The van der Waals surface area contributed by atoms with Crippen LogP contribution in [0.15, 0.2) is 6.07 Å². The monoisotopic (exact) mass is 304 g/mol. The minimum atomic E-state index is -0.550. The van der Waals surface area contributed by atoms with Gasteiger partial charge in [-0.15, -0.1) is 0 Å².